The molecule has 0 aliphatic rings. The Kier molecular flexibility index (Phi) is 87.9. The first-order valence-corrected chi connectivity index (χ1v) is 52.9. The Balaban J connectivity index is -0.000000180. The summed E-state index contributed by atoms with van der Waals surface area (Å²) in [5, 5.41) is 30.4. The first kappa shape index (κ1) is 157. The summed E-state index contributed by atoms with van der Waals surface area (Å²) in [4.78, 5) is 178. The van der Waals surface area contributed by atoms with E-state index in [1.165, 1.54) is 21.3 Å². The zero-order valence-corrected chi connectivity index (χ0v) is 101. The van der Waals surface area contributed by atoms with Crippen molar-refractivity contribution in [2.75, 3.05) is 166 Å². The van der Waals surface area contributed by atoms with Gasteiger partial charge in [-0.15, -0.1) is 0 Å². The van der Waals surface area contributed by atoms with Crippen LogP contribution in [0.5, 0.6) is 0 Å². The molecular weight excluding hydrogens is 1940 g/mol. The number of ketones is 2. The number of phosphoric acid groups is 1. The summed E-state index contributed by atoms with van der Waals surface area (Å²) < 4.78 is 125. The summed E-state index contributed by atoms with van der Waals surface area (Å²) in [5.41, 5.74) is -5.97. The number of hydrogen-bond acceptors (Lipinski definition) is 31. The van der Waals surface area contributed by atoms with Gasteiger partial charge in [0.15, 0.2) is 0 Å². The van der Waals surface area contributed by atoms with Crippen molar-refractivity contribution >= 4 is 107 Å². The molecule has 0 radical (unpaired) electrons. The Morgan fingerprint density at radius 2 is 0.679 bits per heavy atom. The molecule has 3 atom stereocenters. The van der Waals surface area contributed by atoms with Gasteiger partial charge in [-0.25, -0.2) is 21.6 Å². The van der Waals surface area contributed by atoms with E-state index in [-0.39, 0.29) is 242 Å². The van der Waals surface area contributed by atoms with Gasteiger partial charge < -0.3 is 116 Å². The number of carbonyl (C=O) groups excluding carboxylic acids is 11. The molecule has 40 nitrogen and oxygen atoms in total. The van der Waals surface area contributed by atoms with Crippen molar-refractivity contribution < 1.29 is 258 Å². The molecule has 4 amide bonds. The molecule has 0 spiro atoms. The zero-order chi connectivity index (χ0) is 109. The summed E-state index contributed by atoms with van der Waals surface area (Å²) in [6.45, 7) is 53.0. The number of hydrogen-bond donors (Lipinski definition) is 7. The Bertz CT molecular complexity index is 3820. The Morgan fingerprint density at radius 1 is 0.400 bits per heavy atom. The van der Waals surface area contributed by atoms with Gasteiger partial charge in [0.25, 0.3) is 0 Å². The van der Waals surface area contributed by atoms with Crippen molar-refractivity contribution in [2.45, 2.75) is 293 Å². The molecule has 0 aliphatic heterocycles. The standard InChI is InChI=1S/C23H42O9.2C15H32N2O4S.2C14H23NO4.C8H17O6P.C4H11O3P.3Na/c1-9-22(4,19(25)31-14-11-28-7)17-23(5,20(26)32-15-12-29-8)16-21(2,3)18(24)30-13-10-27-6;2*1-6-15(2,3)14(18)16-10-9-12-17(4,5)11-7-8-13-22(19,20)21;2*1-5-14(3,4)13(19)15-8-6-7-11(16)9-10(2)12(17)18;1-4-8(2,3)7(9)13-5-6-14-15(10,11)12;1-3-4(2)8(5,6)7;;;/h9-17H2,1-8H3;2*6-13H2,1-5H3,(H-,16,18,19,20,21);2*2,5-9H2,1,3-4H3,(H,15,19)(H,17,18);4-6H2,1-3H3,(H2,10,11,12);4H,3H2,1-2H3,(H2,5,6,7);;;/q;;;;;;;3*+1/p-3. The van der Waals surface area contributed by atoms with Gasteiger partial charge in [-0.3, -0.25) is 52.5 Å². The molecule has 0 aromatic heterocycles. The summed E-state index contributed by atoms with van der Waals surface area (Å²) in [6.07, 6.45) is 10.1. The number of quaternary nitrogens is 2. The van der Waals surface area contributed by atoms with Crippen molar-refractivity contribution in [3.8, 4) is 0 Å². The molecular formula is C93H177N6Na3O34P2S2. The SMILES string of the molecule is C=C(CC(=O)CCCNC(=O)C(C)(C)CC)C(=O)O.C=C(CC(=O)CCCNC(=O)C(C)(C)CC)C(=O)[O-].CCC(C)(C)C(=O)NCCC[N+](C)(C)CCCCS(=O)(=O)[O-].CCC(C)(C)C(=O)NCCC[N+](C)(C)CCCCS(=O)(=O)[O-].CCC(C)(C)C(=O)OCCOP(=O)([O-])[O-].CCC(C)(CC(C)(CC(C)(C)C(=O)OCCOC)C(=O)OCCOC)C(=O)OCCOC.CCC(C)P(=O)(O)O.[Na+].[Na+].[Na+]. The average molecular weight is 2120 g/mol. The van der Waals surface area contributed by atoms with E-state index in [1.807, 2.05) is 96.9 Å². The predicted octanol–water partition coefficient (Wildman–Crippen LogP) is -0.265. The molecule has 3 unspecified atom stereocenters. The van der Waals surface area contributed by atoms with Crippen LogP contribution in [-0.2, 0) is 125 Å². The minimum atomic E-state index is -4.96. The quantitative estimate of drug-likeness (QED) is 0.00602. The van der Waals surface area contributed by atoms with Crippen LogP contribution in [0.2, 0.25) is 0 Å². The summed E-state index contributed by atoms with van der Waals surface area (Å²) >= 11 is 0. The second kappa shape index (κ2) is 78.6. The predicted molar refractivity (Wildman–Crippen MR) is 516 cm³/mol. The van der Waals surface area contributed by atoms with Crippen molar-refractivity contribution in [3.05, 3.63) is 24.3 Å². The molecule has 0 saturated heterocycles. The number of ether oxygens (including phenoxy) is 7. The van der Waals surface area contributed by atoms with Crippen LogP contribution in [-0.4, -0.2) is 293 Å². The molecule has 0 aromatic rings. The maximum atomic E-state index is 13.2. The number of unbranched alkanes of at least 4 members (excludes halogenated alkanes) is 2. The molecule has 0 saturated carbocycles. The summed E-state index contributed by atoms with van der Waals surface area (Å²) in [7, 11) is -4.07. The summed E-state index contributed by atoms with van der Waals surface area (Å²) in [5.74, 6) is -5.21. The Morgan fingerprint density at radius 3 is 0.936 bits per heavy atom. The number of methoxy groups -OCH3 is 3. The maximum Gasteiger partial charge on any atom is 1.00 e. The van der Waals surface area contributed by atoms with Crippen LogP contribution in [0.4, 0.5) is 0 Å². The number of aliphatic carboxylic acids is 2. The normalized spacial score (nSPS) is 12.9. The average Bonchev–Trinajstić information content (AvgIpc) is 0.782. The van der Waals surface area contributed by atoms with Crippen LogP contribution in [0.3, 0.4) is 0 Å². The number of carboxylic acids is 2. The fraction of sp³-hybridized carbons (Fsp3) is 0.828. The third kappa shape index (κ3) is 83.3. The third-order valence-electron chi connectivity index (χ3n) is 23.2. The van der Waals surface area contributed by atoms with Crippen molar-refractivity contribution in [3.63, 3.8) is 0 Å². The number of nitrogens with one attached hydrogen (secondary N) is 4. The molecule has 47 heteroatoms. The Labute approximate surface area is 904 Å². The van der Waals surface area contributed by atoms with Gasteiger partial charge >= 0.3 is 126 Å². The second-order valence-electron chi connectivity index (χ2n) is 39.4. The first-order chi connectivity index (χ1) is 62.3. The van der Waals surface area contributed by atoms with Gasteiger partial charge in [0.1, 0.15) is 38.0 Å². The summed E-state index contributed by atoms with van der Waals surface area (Å²) in [6, 6.07) is 0. The van der Waals surface area contributed by atoms with E-state index < -0.39 is 116 Å². The number of esters is 4. The molecule has 0 bridgehead atoms. The zero-order valence-electron chi connectivity index (χ0n) is 91.2. The van der Waals surface area contributed by atoms with Gasteiger partial charge in [-0.2, -0.15) is 0 Å². The van der Waals surface area contributed by atoms with Crippen LogP contribution in [0.25, 0.3) is 0 Å². The first-order valence-electron chi connectivity index (χ1n) is 46.6. The molecule has 0 fully saturated rings. The Hall–Kier alpha value is -3.60. The van der Waals surface area contributed by atoms with Crippen LogP contribution in [0.1, 0.15) is 287 Å². The molecule has 0 rings (SSSR count). The van der Waals surface area contributed by atoms with Crippen LogP contribution >= 0.6 is 15.4 Å². The maximum absolute atomic E-state index is 13.2. The van der Waals surface area contributed by atoms with E-state index in [1.54, 1.807) is 55.4 Å². The number of Topliss-reactive ketones (excluding diaryl/α,β-unsaturated/α-hetero) is 2. The fourth-order valence-corrected chi connectivity index (χ4v) is 13.1. The van der Waals surface area contributed by atoms with Crippen molar-refractivity contribution in [1.82, 2.24) is 21.3 Å². The van der Waals surface area contributed by atoms with Gasteiger partial charge in [-0.1, -0.05) is 124 Å². The van der Waals surface area contributed by atoms with Gasteiger partial charge in [0.05, 0.1) is 142 Å². The molecule has 7 N–H and O–H groups in total. The number of nitrogens with zero attached hydrogens (tertiary/aromatic N) is 2. The number of amides is 4. The molecule has 0 aliphatic carbocycles. The minimum absolute atomic E-state index is 0. The number of carbonyl (C=O) groups is 12. The van der Waals surface area contributed by atoms with E-state index in [0.29, 0.717) is 84.0 Å². The van der Waals surface area contributed by atoms with E-state index in [2.05, 4.69) is 67.1 Å². The van der Waals surface area contributed by atoms with Crippen LogP contribution in [0, 0.1) is 43.3 Å². The van der Waals surface area contributed by atoms with Crippen LogP contribution < -0.4 is 125 Å². The van der Waals surface area contributed by atoms with E-state index in [0.717, 1.165) is 73.7 Å². The fourth-order valence-electron chi connectivity index (χ4n) is 11.2. The minimum Gasteiger partial charge on any atom is -0.790 e. The van der Waals surface area contributed by atoms with Crippen molar-refractivity contribution in [1.29, 1.82) is 0 Å². The van der Waals surface area contributed by atoms with E-state index in [9.17, 15) is 107 Å². The monoisotopic (exact) mass is 2120 g/mol. The van der Waals surface area contributed by atoms with Gasteiger partial charge in [-0.05, 0) is 143 Å². The molecule has 808 valence electrons. The third-order valence-corrected chi connectivity index (χ3v) is 26.8. The van der Waals surface area contributed by atoms with E-state index in [4.69, 9.17) is 48.1 Å². The molecule has 140 heavy (non-hydrogen) atoms. The van der Waals surface area contributed by atoms with E-state index >= 15 is 0 Å². The molecule has 0 aromatic carbocycles. The smallest absolute Gasteiger partial charge is 0.790 e. The molecule has 0 heterocycles. The topological polar surface area (TPSA) is 605 Å². The number of rotatable bonds is 65. The van der Waals surface area contributed by atoms with Crippen LogP contribution in [0.15, 0.2) is 24.3 Å². The van der Waals surface area contributed by atoms with Crippen molar-refractivity contribution in [2.24, 2.45) is 43.3 Å². The largest absolute Gasteiger partial charge is 1.00 e. The number of carboxylic acid groups (broad SMARTS) is 2. The second-order valence-corrected chi connectivity index (χ2v) is 45.7. The van der Waals surface area contributed by atoms with Gasteiger partial charge in [0.2, 0.25) is 23.6 Å². The van der Waals surface area contributed by atoms with Gasteiger partial charge in [0, 0.05) is 125 Å². The number of phosphoric ester groups is 1.